The number of nitrogens with zero attached hydrogens (tertiary/aromatic N) is 1. The Morgan fingerprint density at radius 1 is 1.37 bits per heavy atom. The molecule has 1 atom stereocenters. The molecule has 0 saturated carbocycles. The summed E-state index contributed by atoms with van der Waals surface area (Å²) in [5.74, 6) is 1.40. The lowest BCUT2D eigenvalue weighted by Gasteiger charge is -2.17. The molecule has 0 bridgehead atoms. The summed E-state index contributed by atoms with van der Waals surface area (Å²) in [6.45, 7) is 1.00. The Hall–Kier alpha value is -1.75. The van der Waals surface area contributed by atoms with E-state index >= 15 is 0 Å². The molecule has 5 nitrogen and oxygen atoms in total. The van der Waals surface area contributed by atoms with E-state index in [4.69, 9.17) is 9.47 Å². The molecule has 5 heteroatoms. The second kappa shape index (κ2) is 5.93. The van der Waals surface area contributed by atoms with Crippen molar-refractivity contribution >= 4 is 5.91 Å². The molecule has 1 heterocycles. The summed E-state index contributed by atoms with van der Waals surface area (Å²) in [5.41, 5.74) is 0.996. The monoisotopic (exact) mass is 265 g/mol. The van der Waals surface area contributed by atoms with E-state index in [1.807, 2.05) is 18.2 Å². The van der Waals surface area contributed by atoms with Crippen LogP contribution in [0.1, 0.15) is 12.0 Å². The van der Waals surface area contributed by atoms with Crippen molar-refractivity contribution in [1.82, 2.24) is 4.90 Å². The van der Waals surface area contributed by atoms with Crippen LogP contribution in [0.25, 0.3) is 0 Å². The zero-order valence-corrected chi connectivity index (χ0v) is 11.3. The zero-order chi connectivity index (χ0) is 13.8. The predicted molar refractivity (Wildman–Crippen MR) is 70.5 cm³/mol. The Balaban J connectivity index is 2.05. The highest BCUT2D eigenvalue weighted by Gasteiger charge is 2.27. The van der Waals surface area contributed by atoms with E-state index in [0.717, 1.165) is 5.56 Å². The molecule has 1 saturated heterocycles. The van der Waals surface area contributed by atoms with Crippen LogP contribution in [0.15, 0.2) is 18.2 Å². The summed E-state index contributed by atoms with van der Waals surface area (Å²) in [4.78, 5) is 13.3. The van der Waals surface area contributed by atoms with Gasteiger partial charge in [-0.1, -0.05) is 12.1 Å². The molecule has 0 spiro atoms. The minimum absolute atomic E-state index is 0.00867. The van der Waals surface area contributed by atoms with Crippen molar-refractivity contribution < 1.29 is 19.4 Å². The van der Waals surface area contributed by atoms with Crippen molar-refractivity contribution in [1.29, 1.82) is 0 Å². The molecule has 1 fully saturated rings. The maximum Gasteiger partial charge on any atom is 0.225 e. The minimum atomic E-state index is -0.528. The highest BCUT2D eigenvalue weighted by atomic mass is 16.5. The number of para-hydroxylation sites is 1. The Labute approximate surface area is 112 Å². The summed E-state index contributed by atoms with van der Waals surface area (Å²) in [5, 5.41) is 9.44. The maximum absolute atomic E-state index is 11.6. The molecule has 19 heavy (non-hydrogen) atoms. The lowest BCUT2D eigenvalue weighted by molar-refractivity contribution is -0.127. The molecule has 0 aromatic heterocycles. The van der Waals surface area contributed by atoms with Crippen LogP contribution in [0.2, 0.25) is 0 Å². The van der Waals surface area contributed by atoms with Gasteiger partial charge in [0.1, 0.15) is 0 Å². The fourth-order valence-corrected chi connectivity index (χ4v) is 2.37. The number of likely N-dealkylation sites (tertiary alicyclic amines) is 1. The number of aliphatic hydroxyl groups excluding tert-OH is 1. The average Bonchev–Trinajstić information content (AvgIpc) is 2.73. The van der Waals surface area contributed by atoms with Gasteiger partial charge in [0.2, 0.25) is 5.91 Å². The Kier molecular flexibility index (Phi) is 4.27. The van der Waals surface area contributed by atoms with E-state index in [2.05, 4.69) is 0 Å². The van der Waals surface area contributed by atoms with Crippen LogP contribution >= 0.6 is 0 Å². The molecule has 1 aliphatic heterocycles. The number of hydrogen-bond acceptors (Lipinski definition) is 4. The van der Waals surface area contributed by atoms with Crippen molar-refractivity contribution in [2.75, 3.05) is 27.3 Å². The second-order valence-corrected chi connectivity index (χ2v) is 4.60. The third-order valence-electron chi connectivity index (χ3n) is 3.33. The topological polar surface area (TPSA) is 59.0 Å². The average molecular weight is 265 g/mol. The van der Waals surface area contributed by atoms with Gasteiger partial charge in [0.15, 0.2) is 11.5 Å². The largest absolute Gasteiger partial charge is 0.493 e. The number of carbonyl (C=O) groups excluding carboxylic acids is 1. The van der Waals surface area contributed by atoms with Gasteiger partial charge in [-0.25, -0.2) is 0 Å². The lowest BCUT2D eigenvalue weighted by atomic mass is 10.1. The van der Waals surface area contributed by atoms with E-state index in [9.17, 15) is 9.90 Å². The maximum atomic E-state index is 11.6. The summed E-state index contributed by atoms with van der Waals surface area (Å²) < 4.78 is 10.6. The number of methoxy groups -OCH3 is 2. The summed E-state index contributed by atoms with van der Waals surface area (Å²) in [6.07, 6.45) is 0.383. The molecule has 104 valence electrons. The van der Waals surface area contributed by atoms with E-state index in [1.165, 1.54) is 0 Å². The van der Waals surface area contributed by atoms with Gasteiger partial charge in [0.05, 0.1) is 26.7 Å². The normalized spacial score (nSPS) is 18.8. The zero-order valence-electron chi connectivity index (χ0n) is 11.3. The van der Waals surface area contributed by atoms with Crippen molar-refractivity contribution in [3.05, 3.63) is 23.8 Å². The molecule has 1 aliphatic rings. The number of carbonyl (C=O) groups is 1. The number of amides is 1. The molecular weight excluding hydrogens is 246 g/mol. The van der Waals surface area contributed by atoms with Gasteiger partial charge < -0.3 is 19.5 Å². The first kappa shape index (κ1) is 13.7. The summed E-state index contributed by atoms with van der Waals surface area (Å²) in [6, 6.07) is 5.70. The number of benzene rings is 1. The molecule has 2 rings (SSSR count). The van der Waals surface area contributed by atoms with Gasteiger partial charge in [0.25, 0.3) is 0 Å². The van der Waals surface area contributed by atoms with Gasteiger partial charge in [0, 0.05) is 13.1 Å². The molecule has 1 unspecified atom stereocenters. The summed E-state index contributed by atoms with van der Waals surface area (Å²) in [7, 11) is 3.20. The molecular formula is C14H19NO4. The van der Waals surface area contributed by atoms with E-state index in [1.54, 1.807) is 19.1 Å². The second-order valence-electron chi connectivity index (χ2n) is 4.60. The highest BCUT2D eigenvalue weighted by molar-refractivity contribution is 5.79. The van der Waals surface area contributed by atoms with Crippen LogP contribution in [0.5, 0.6) is 11.5 Å². The Morgan fingerprint density at radius 2 is 2.16 bits per heavy atom. The standard InChI is InChI=1S/C14H19NO4/c1-18-12-5-3-4-10(14(12)19-2)6-7-15-9-11(16)8-13(15)17/h3-5,11,16H,6-9H2,1-2H3. The lowest BCUT2D eigenvalue weighted by Crippen LogP contribution is -2.28. The molecule has 1 N–H and O–H groups in total. The minimum Gasteiger partial charge on any atom is -0.493 e. The van der Waals surface area contributed by atoms with E-state index in [0.29, 0.717) is 31.0 Å². The number of β-amino-alcohol motifs (C(OH)–C–C–N with tert-alkyl or cyclic N) is 1. The molecule has 1 amide bonds. The number of hydrogen-bond donors (Lipinski definition) is 1. The summed E-state index contributed by atoms with van der Waals surface area (Å²) >= 11 is 0. The molecule has 1 aromatic carbocycles. The highest BCUT2D eigenvalue weighted by Crippen LogP contribution is 2.31. The van der Waals surface area contributed by atoms with E-state index in [-0.39, 0.29) is 12.3 Å². The van der Waals surface area contributed by atoms with Gasteiger partial charge in [-0.15, -0.1) is 0 Å². The Bertz CT molecular complexity index is 461. The van der Waals surface area contributed by atoms with Gasteiger partial charge >= 0.3 is 0 Å². The van der Waals surface area contributed by atoms with Crippen molar-refractivity contribution in [2.45, 2.75) is 18.9 Å². The van der Waals surface area contributed by atoms with Crippen LogP contribution < -0.4 is 9.47 Å². The number of rotatable bonds is 5. The van der Waals surface area contributed by atoms with E-state index < -0.39 is 6.10 Å². The first-order valence-corrected chi connectivity index (χ1v) is 6.31. The third kappa shape index (κ3) is 2.98. The molecule has 0 aliphatic carbocycles. The predicted octanol–water partition coefficient (Wildman–Crippen LogP) is 0.839. The van der Waals surface area contributed by atoms with Crippen molar-refractivity contribution in [3.8, 4) is 11.5 Å². The molecule has 0 radical (unpaired) electrons. The smallest absolute Gasteiger partial charge is 0.225 e. The van der Waals surface area contributed by atoms with Crippen LogP contribution in [0.3, 0.4) is 0 Å². The van der Waals surface area contributed by atoms with Crippen LogP contribution in [0, 0.1) is 0 Å². The van der Waals surface area contributed by atoms with Gasteiger partial charge in [-0.05, 0) is 18.1 Å². The third-order valence-corrected chi connectivity index (χ3v) is 3.33. The first-order valence-electron chi connectivity index (χ1n) is 6.31. The van der Waals surface area contributed by atoms with Crippen molar-refractivity contribution in [3.63, 3.8) is 0 Å². The SMILES string of the molecule is COc1cccc(CCN2CC(O)CC2=O)c1OC. The quantitative estimate of drug-likeness (QED) is 0.857. The number of ether oxygens (including phenoxy) is 2. The van der Waals surface area contributed by atoms with Crippen LogP contribution in [0.4, 0.5) is 0 Å². The van der Waals surface area contributed by atoms with Gasteiger partial charge in [-0.2, -0.15) is 0 Å². The number of aliphatic hydroxyl groups is 1. The Morgan fingerprint density at radius 3 is 2.74 bits per heavy atom. The van der Waals surface area contributed by atoms with Crippen LogP contribution in [-0.2, 0) is 11.2 Å². The van der Waals surface area contributed by atoms with Crippen molar-refractivity contribution in [2.24, 2.45) is 0 Å². The fourth-order valence-electron chi connectivity index (χ4n) is 2.37. The molecule has 1 aromatic rings. The van der Waals surface area contributed by atoms with Gasteiger partial charge in [-0.3, -0.25) is 4.79 Å². The fraction of sp³-hybridized carbons (Fsp3) is 0.500. The first-order chi connectivity index (χ1) is 9.15. The van der Waals surface area contributed by atoms with Crippen LogP contribution in [-0.4, -0.2) is 49.3 Å².